The van der Waals surface area contributed by atoms with Crippen LogP contribution in [0.15, 0.2) is 28.7 Å². The first-order chi connectivity index (χ1) is 12.2. The Bertz CT molecular complexity index is 769. The van der Waals surface area contributed by atoms with Crippen LogP contribution in [0.2, 0.25) is 0 Å². The number of hydrogen-bond donors (Lipinski definition) is 0. The van der Waals surface area contributed by atoms with Gasteiger partial charge in [0.1, 0.15) is 5.58 Å². The summed E-state index contributed by atoms with van der Waals surface area (Å²) < 4.78 is 11.3. The zero-order chi connectivity index (χ0) is 17.4. The highest BCUT2D eigenvalue weighted by Crippen LogP contribution is 2.33. The van der Waals surface area contributed by atoms with Crippen molar-refractivity contribution in [1.82, 2.24) is 9.80 Å². The normalized spacial score (nSPS) is 24.5. The van der Waals surface area contributed by atoms with Crippen molar-refractivity contribution in [2.24, 2.45) is 0 Å². The molecule has 5 heteroatoms. The second-order valence-corrected chi connectivity index (χ2v) is 7.24. The third-order valence-corrected chi connectivity index (χ3v) is 5.76. The number of amides is 1. The minimum absolute atomic E-state index is 0.0195. The molecule has 0 N–H and O–H groups in total. The Morgan fingerprint density at radius 2 is 1.96 bits per heavy atom. The average molecular weight is 342 g/mol. The van der Waals surface area contributed by atoms with Gasteiger partial charge in [-0.05, 0) is 45.3 Å². The molecule has 1 aromatic carbocycles. The first-order valence-corrected chi connectivity index (χ1v) is 9.21. The molecule has 0 spiro atoms. The molecule has 0 aliphatic carbocycles. The molecule has 0 radical (unpaired) electrons. The van der Waals surface area contributed by atoms with E-state index in [2.05, 4.69) is 11.9 Å². The van der Waals surface area contributed by atoms with Crippen LogP contribution in [0.4, 0.5) is 0 Å². The van der Waals surface area contributed by atoms with E-state index in [1.807, 2.05) is 29.2 Å². The van der Waals surface area contributed by atoms with Crippen molar-refractivity contribution in [3.63, 3.8) is 0 Å². The minimum atomic E-state index is 0.0195. The molecular weight excluding hydrogens is 316 g/mol. The lowest BCUT2D eigenvalue weighted by molar-refractivity contribution is 0.0629. The Morgan fingerprint density at radius 3 is 2.72 bits per heavy atom. The molecule has 2 aromatic rings. The van der Waals surface area contributed by atoms with Crippen LogP contribution in [0.3, 0.4) is 0 Å². The molecule has 5 nitrogen and oxygen atoms in total. The van der Waals surface area contributed by atoms with Gasteiger partial charge in [-0.3, -0.25) is 4.79 Å². The van der Waals surface area contributed by atoms with E-state index in [1.165, 1.54) is 12.8 Å². The molecule has 2 aliphatic rings. The number of benzene rings is 1. The molecule has 25 heavy (non-hydrogen) atoms. The summed E-state index contributed by atoms with van der Waals surface area (Å²) in [5, 5.41) is 0.974. The summed E-state index contributed by atoms with van der Waals surface area (Å²) in [6.07, 6.45) is 4.55. The lowest BCUT2D eigenvalue weighted by atomic mass is 10.0. The van der Waals surface area contributed by atoms with Crippen molar-refractivity contribution >= 4 is 16.9 Å². The van der Waals surface area contributed by atoms with E-state index in [0.717, 1.165) is 42.5 Å². The van der Waals surface area contributed by atoms with Crippen LogP contribution in [-0.4, -0.2) is 55.0 Å². The molecule has 0 unspecified atom stereocenters. The highest BCUT2D eigenvalue weighted by Gasteiger charge is 2.40. The topological polar surface area (TPSA) is 45.9 Å². The fourth-order valence-corrected chi connectivity index (χ4v) is 4.56. The van der Waals surface area contributed by atoms with Crippen LogP contribution in [0, 0.1) is 0 Å². The van der Waals surface area contributed by atoms with Crippen molar-refractivity contribution in [2.75, 3.05) is 27.2 Å². The molecule has 4 rings (SSSR count). The summed E-state index contributed by atoms with van der Waals surface area (Å²) in [4.78, 5) is 17.8. The molecule has 0 saturated carbocycles. The minimum Gasteiger partial charge on any atom is -0.451 e. The van der Waals surface area contributed by atoms with E-state index in [-0.39, 0.29) is 5.91 Å². The number of fused-ring (bicyclic) bond motifs is 1. The Kier molecular flexibility index (Phi) is 4.52. The number of hydrogen-bond acceptors (Lipinski definition) is 4. The molecule has 2 saturated heterocycles. The van der Waals surface area contributed by atoms with Crippen LogP contribution >= 0.6 is 0 Å². The van der Waals surface area contributed by atoms with Crippen molar-refractivity contribution in [1.29, 1.82) is 0 Å². The molecule has 2 atom stereocenters. The summed E-state index contributed by atoms with van der Waals surface area (Å²) in [5.41, 5.74) is 1.63. The Hall–Kier alpha value is -1.85. The highest BCUT2D eigenvalue weighted by molar-refractivity contribution is 5.99. The van der Waals surface area contributed by atoms with Gasteiger partial charge in [-0.1, -0.05) is 18.2 Å². The molecule has 2 aliphatic heterocycles. The van der Waals surface area contributed by atoms with Crippen LogP contribution in [0.5, 0.6) is 0 Å². The van der Waals surface area contributed by atoms with Gasteiger partial charge in [-0.2, -0.15) is 0 Å². The summed E-state index contributed by atoms with van der Waals surface area (Å²) in [7, 11) is 3.83. The Labute approximate surface area is 148 Å². The number of carbonyl (C=O) groups excluding carboxylic acids is 1. The Morgan fingerprint density at radius 1 is 1.20 bits per heavy atom. The molecule has 2 fully saturated rings. The molecule has 1 amide bonds. The maximum atomic E-state index is 13.3. The van der Waals surface area contributed by atoms with Crippen molar-refractivity contribution in [3.8, 4) is 0 Å². The number of carbonyl (C=O) groups is 1. The van der Waals surface area contributed by atoms with E-state index in [9.17, 15) is 4.79 Å². The van der Waals surface area contributed by atoms with Crippen LogP contribution < -0.4 is 0 Å². The van der Waals surface area contributed by atoms with Gasteiger partial charge in [0.15, 0.2) is 5.76 Å². The third-order valence-electron chi connectivity index (χ3n) is 5.76. The zero-order valence-corrected chi connectivity index (χ0v) is 15.0. The van der Waals surface area contributed by atoms with Gasteiger partial charge in [0.25, 0.3) is 5.91 Å². The van der Waals surface area contributed by atoms with E-state index >= 15 is 0 Å². The molecule has 1 aromatic heterocycles. The predicted octanol–water partition coefficient (Wildman–Crippen LogP) is 3.28. The van der Waals surface area contributed by atoms with Crippen molar-refractivity contribution < 1.29 is 13.9 Å². The first-order valence-electron chi connectivity index (χ1n) is 9.21. The number of para-hydroxylation sites is 1. The molecule has 3 heterocycles. The van der Waals surface area contributed by atoms with Crippen molar-refractivity contribution in [3.05, 3.63) is 35.6 Å². The summed E-state index contributed by atoms with van der Waals surface area (Å²) >= 11 is 0. The Balaban J connectivity index is 1.68. The van der Waals surface area contributed by atoms with E-state index < -0.39 is 0 Å². The second kappa shape index (κ2) is 6.81. The van der Waals surface area contributed by atoms with Gasteiger partial charge in [0, 0.05) is 36.7 Å². The van der Waals surface area contributed by atoms with Gasteiger partial charge in [-0.25, -0.2) is 0 Å². The number of furan rings is 1. The number of nitrogens with zero attached hydrogens (tertiary/aromatic N) is 2. The number of ether oxygens (including phenoxy) is 1. The fraction of sp³-hybridized carbons (Fsp3) is 0.550. The maximum Gasteiger partial charge on any atom is 0.290 e. The number of rotatable bonds is 4. The van der Waals surface area contributed by atoms with Crippen LogP contribution in [-0.2, 0) is 11.3 Å². The largest absolute Gasteiger partial charge is 0.451 e. The zero-order valence-electron chi connectivity index (χ0n) is 15.0. The van der Waals surface area contributed by atoms with E-state index in [0.29, 0.717) is 24.5 Å². The standard InChI is InChI=1S/C20H26N2O3/c1-21-11-5-8-16(21)17-9-6-12-22(17)20(23)19-15(13-24-2)14-7-3-4-10-18(14)25-19/h3-4,7,10,16-17H,5-6,8-9,11-13H2,1-2H3/t16-,17+/m0/s1. The van der Waals surface area contributed by atoms with Crippen LogP contribution in [0.1, 0.15) is 41.8 Å². The first kappa shape index (κ1) is 16.6. The summed E-state index contributed by atoms with van der Waals surface area (Å²) in [6, 6.07) is 8.58. The fourth-order valence-electron chi connectivity index (χ4n) is 4.56. The number of likely N-dealkylation sites (tertiary alicyclic amines) is 2. The average Bonchev–Trinajstić information content (AvgIpc) is 3.33. The number of likely N-dealkylation sites (N-methyl/N-ethyl adjacent to an activating group) is 1. The number of methoxy groups -OCH3 is 1. The molecular formula is C20H26N2O3. The maximum absolute atomic E-state index is 13.3. The van der Waals surface area contributed by atoms with Gasteiger partial charge in [-0.15, -0.1) is 0 Å². The van der Waals surface area contributed by atoms with Gasteiger partial charge in [0.05, 0.1) is 6.61 Å². The van der Waals surface area contributed by atoms with Crippen molar-refractivity contribution in [2.45, 2.75) is 44.4 Å². The van der Waals surface area contributed by atoms with E-state index in [4.69, 9.17) is 9.15 Å². The summed E-state index contributed by atoms with van der Waals surface area (Å²) in [6.45, 7) is 2.33. The lowest BCUT2D eigenvalue weighted by Crippen LogP contribution is -2.47. The third kappa shape index (κ3) is 2.85. The SMILES string of the molecule is COCc1c(C(=O)N2CCC[C@@H]2[C@@H]2CCCN2C)oc2ccccc12. The monoisotopic (exact) mass is 342 g/mol. The van der Waals surface area contributed by atoms with Gasteiger partial charge >= 0.3 is 0 Å². The molecule has 134 valence electrons. The summed E-state index contributed by atoms with van der Waals surface area (Å²) in [5.74, 6) is 0.474. The van der Waals surface area contributed by atoms with Gasteiger partial charge in [0.2, 0.25) is 0 Å². The van der Waals surface area contributed by atoms with Crippen LogP contribution in [0.25, 0.3) is 11.0 Å². The molecule has 0 bridgehead atoms. The smallest absolute Gasteiger partial charge is 0.290 e. The van der Waals surface area contributed by atoms with Gasteiger partial charge < -0.3 is 19.0 Å². The lowest BCUT2D eigenvalue weighted by Gasteiger charge is -2.33. The quantitative estimate of drug-likeness (QED) is 0.855. The second-order valence-electron chi connectivity index (χ2n) is 7.24. The highest BCUT2D eigenvalue weighted by atomic mass is 16.5. The van der Waals surface area contributed by atoms with E-state index in [1.54, 1.807) is 7.11 Å². The predicted molar refractivity (Wildman–Crippen MR) is 96.6 cm³/mol.